The summed E-state index contributed by atoms with van der Waals surface area (Å²) in [6.45, 7) is 3.41. The number of nitrogens with zero attached hydrogens (tertiary/aromatic N) is 1. The number of carbonyl (C=O) groups excluding carboxylic acids is 1. The lowest BCUT2D eigenvalue weighted by atomic mass is 10.0. The smallest absolute Gasteiger partial charge is 0.325 e. The van der Waals surface area contributed by atoms with Gasteiger partial charge in [-0.25, -0.2) is 0 Å². The first-order chi connectivity index (χ1) is 10.5. The maximum absolute atomic E-state index is 12.5. The summed E-state index contributed by atoms with van der Waals surface area (Å²) >= 11 is 0. The molecular formula is C17H18N2O3. The number of aromatic nitrogens is 1. The molecule has 2 aromatic rings. The van der Waals surface area contributed by atoms with Crippen molar-refractivity contribution >= 4 is 22.8 Å². The maximum atomic E-state index is 12.5. The molecule has 0 saturated heterocycles. The van der Waals surface area contributed by atoms with Crippen LogP contribution in [0.4, 0.5) is 0 Å². The minimum atomic E-state index is -1.05. The molecule has 0 aliphatic heterocycles. The number of benzene rings is 1. The van der Waals surface area contributed by atoms with Crippen LogP contribution in [-0.4, -0.2) is 28.0 Å². The van der Waals surface area contributed by atoms with Crippen molar-refractivity contribution in [2.75, 3.05) is 0 Å². The summed E-state index contributed by atoms with van der Waals surface area (Å²) < 4.78 is 0. The highest BCUT2D eigenvalue weighted by atomic mass is 16.4. The molecule has 1 aromatic heterocycles. The molecule has 1 atom stereocenters. The summed E-state index contributed by atoms with van der Waals surface area (Å²) in [5.74, 6) is -0.991. The second-order valence-electron chi connectivity index (χ2n) is 5.92. The van der Waals surface area contributed by atoms with Crippen LogP contribution in [0.15, 0.2) is 24.3 Å². The number of nitrogens with one attached hydrogen (secondary N) is 1. The van der Waals surface area contributed by atoms with Crippen molar-refractivity contribution in [3.8, 4) is 0 Å². The third kappa shape index (κ3) is 2.79. The highest BCUT2D eigenvalue weighted by Crippen LogP contribution is 2.40. The quantitative estimate of drug-likeness (QED) is 0.909. The molecule has 1 aliphatic carbocycles. The van der Waals surface area contributed by atoms with Gasteiger partial charge in [0, 0.05) is 17.0 Å². The second-order valence-corrected chi connectivity index (χ2v) is 5.92. The van der Waals surface area contributed by atoms with Crippen molar-refractivity contribution < 1.29 is 14.7 Å². The number of aryl methyl sites for hydroxylation is 1. The highest BCUT2D eigenvalue weighted by Gasteiger charge is 2.27. The minimum Gasteiger partial charge on any atom is -0.480 e. The number of aliphatic carboxylic acids is 1. The number of hydrogen-bond donors (Lipinski definition) is 2. The summed E-state index contributed by atoms with van der Waals surface area (Å²) in [4.78, 5) is 28.1. The SMILES string of the molecule is Cc1ccc2nc(C3CC3)cc(C(=O)N[C@@H](C)C(=O)O)c2c1. The molecule has 1 heterocycles. The molecule has 0 spiro atoms. The van der Waals surface area contributed by atoms with E-state index in [4.69, 9.17) is 5.11 Å². The number of hydrogen-bond acceptors (Lipinski definition) is 3. The van der Waals surface area contributed by atoms with Gasteiger partial charge in [-0.3, -0.25) is 14.6 Å². The summed E-state index contributed by atoms with van der Waals surface area (Å²) in [5, 5.41) is 12.3. The Morgan fingerprint density at radius 3 is 2.68 bits per heavy atom. The average molecular weight is 298 g/mol. The maximum Gasteiger partial charge on any atom is 0.325 e. The molecule has 5 nitrogen and oxygen atoms in total. The summed E-state index contributed by atoms with van der Waals surface area (Å²) in [6.07, 6.45) is 2.19. The zero-order valence-electron chi connectivity index (χ0n) is 12.6. The Balaban J connectivity index is 2.07. The second kappa shape index (κ2) is 5.40. The van der Waals surface area contributed by atoms with Gasteiger partial charge in [0.25, 0.3) is 5.91 Å². The van der Waals surface area contributed by atoms with E-state index in [2.05, 4.69) is 10.3 Å². The van der Waals surface area contributed by atoms with Gasteiger partial charge >= 0.3 is 5.97 Å². The lowest BCUT2D eigenvalue weighted by molar-refractivity contribution is -0.138. The fourth-order valence-electron chi connectivity index (χ4n) is 2.47. The van der Waals surface area contributed by atoms with Crippen molar-refractivity contribution in [2.45, 2.75) is 38.6 Å². The zero-order chi connectivity index (χ0) is 15.9. The Morgan fingerprint density at radius 1 is 1.32 bits per heavy atom. The van der Waals surface area contributed by atoms with Crippen LogP contribution >= 0.6 is 0 Å². The number of carbonyl (C=O) groups is 2. The third-order valence-corrected chi connectivity index (χ3v) is 3.94. The Hall–Kier alpha value is -2.43. The molecule has 114 valence electrons. The van der Waals surface area contributed by atoms with Crippen LogP contribution in [0, 0.1) is 6.92 Å². The zero-order valence-corrected chi connectivity index (χ0v) is 12.6. The van der Waals surface area contributed by atoms with Crippen molar-refractivity contribution in [3.63, 3.8) is 0 Å². The van der Waals surface area contributed by atoms with Gasteiger partial charge < -0.3 is 10.4 Å². The van der Waals surface area contributed by atoms with E-state index in [0.29, 0.717) is 11.5 Å². The predicted octanol–water partition coefficient (Wildman–Crippen LogP) is 2.62. The lowest BCUT2D eigenvalue weighted by Gasteiger charge is -2.13. The van der Waals surface area contributed by atoms with Crippen LogP contribution < -0.4 is 5.32 Å². The molecule has 22 heavy (non-hydrogen) atoms. The third-order valence-electron chi connectivity index (χ3n) is 3.94. The van der Waals surface area contributed by atoms with E-state index in [1.807, 2.05) is 31.2 Å². The Labute approximate surface area is 128 Å². The largest absolute Gasteiger partial charge is 0.480 e. The van der Waals surface area contributed by atoms with E-state index in [1.54, 1.807) is 0 Å². The van der Waals surface area contributed by atoms with E-state index in [-0.39, 0.29) is 5.91 Å². The number of carboxylic acids is 1. The standard InChI is InChI=1S/C17H18N2O3/c1-9-3-6-14-12(7-9)13(8-15(19-14)11-4-5-11)16(20)18-10(2)17(21)22/h3,6-8,10-11H,4-5H2,1-2H3,(H,18,20)(H,21,22)/t10-/m0/s1. The number of pyridine rings is 1. The molecule has 1 fully saturated rings. The van der Waals surface area contributed by atoms with Gasteiger partial charge in [-0.2, -0.15) is 0 Å². The first-order valence-electron chi connectivity index (χ1n) is 7.40. The average Bonchev–Trinajstić information content (AvgIpc) is 3.30. The number of carboxylic acid groups (broad SMARTS) is 1. The van der Waals surface area contributed by atoms with Crippen LogP contribution in [0.3, 0.4) is 0 Å². The summed E-state index contributed by atoms with van der Waals surface area (Å²) in [6, 6.07) is 6.68. The Kier molecular flexibility index (Phi) is 3.56. The predicted molar refractivity (Wildman–Crippen MR) is 83.0 cm³/mol. The molecule has 0 unspecified atom stereocenters. The van der Waals surface area contributed by atoms with E-state index in [0.717, 1.165) is 35.0 Å². The van der Waals surface area contributed by atoms with Gasteiger partial charge in [-0.15, -0.1) is 0 Å². The molecule has 0 radical (unpaired) electrons. The van der Waals surface area contributed by atoms with Gasteiger partial charge in [0.15, 0.2) is 0 Å². The molecular weight excluding hydrogens is 280 g/mol. The van der Waals surface area contributed by atoms with Gasteiger partial charge in [0.05, 0.1) is 11.1 Å². The minimum absolute atomic E-state index is 0.366. The van der Waals surface area contributed by atoms with Crippen LogP contribution in [-0.2, 0) is 4.79 Å². The van der Waals surface area contributed by atoms with Gasteiger partial charge in [0.2, 0.25) is 0 Å². The molecule has 5 heteroatoms. The Morgan fingerprint density at radius 2 is 2.05 bits per heavy atom. The molecule has 1 amide bonds. The van der Waals surface area contributed by atoms with Crippen molar-refractivity contribution in [2.24, 2.45) is 0 Å². The van der Waals surface area contributed by atoms with Crippen molar-refractivity contribution in [3.05, 3.63) is 41.1 Å². The number of rotatable bonds is 4. The van der Waals surface area contributed by atoms with E-state index in [1.165, 1.54) is 6.92 Å². The molecule has 1 aliphatic rings. The van der Waals surface area contributed by atoms with E-state index < -0.39 is 12.0 Å². The van der Waals surface area contributed by atoms with Crippen LogP contribution in [0.5, 0.6) is 0 Å². The normalized spacial score (nSPS) is 15.5. The highest BCUT2D eigenvalue weighted by molar-refractivity contribution is 6.07. The van der Waals surface area contributed by atoms with E-state index >= 15 is 0 Å². The molecule has 2 N–H and O–H groups in total. The van der Waals surface area contributed by atoms with Crippen molar-refractivity contribution in [1.29, 1.82) is 0 Å². The molecule has 3 rings (SSSR count). The summed E-state index contributed by atoms with van der Waals surface area (Å²) in [7, 11) is 0. The van der Waals surface area contributed by atoms with Gasteiger partial charge in [-0.05, 0) is 44.9 Å². The summed E-state index contributed by atoms with van der Waals surface area (Å²) in [5.41, 5.74) is 3.24. The first-order valence-corrected chi connectivity index (χ1v) is 7.40. The molecule has 1 aromatic carbocycles. The topological polar surface area (TPSA) is 79.3 Å². The fraction of sp³-hybridized carbons (Fsp3) is 0.353. The van der Waals surface area contributed by atoms with Crippen LogP contribution in [0.25, 0.3) is 10.9 Å². The molecule has 1 saturated carbocycles. The number of amides is 1. The van der Waals surface area contributed by atoms with Gasteiger partial charge in [-0.1, -0.05) is 11.6 Å². The first kappa shape index (κ1) is 14.5. The Bertz CT molecular complexity index is 766. The van der Waals surface area contributed by atoms with Crippen molar-refractivity contribution in [1.82, 2.24) is 10.3 Å². The molecule has 0 bridgehead atoms. The van der Waals surface area contributed by atoms with Crippen LogP contribution in [0.1, 0.15) is 47.3 Å². The van der Waals surface area contributed by atoms with E-state index in [9.17, 15) is 9.59 Å². The van der Waals surface area contributed by atoms with Gasteiger partial charge in [0.1, 0.15) is 6.04 Å². The fourth-order valence-corrected chi connectivity index (χ4v) is 2.47. The monoisotopic (exact) mass is 298 g/mol. The number of fused-ring (bicyclic) bond motifs is 1. The lowest BCUT2D eigenvalue weighted by Crippen LogP contribution is -2.38. The van der Waals surface area contributed by atoms with Crippen LogP contribution in [0.2, 0.25) is 0 Å².